The Morgan fingerprint density at radius 3 is 2.05 bits per heavy atom. The fourth-order valence-electron chi connectivity index (χ4n) is 3.16. The second-order valence-corrected chi connectivity index (χ2v) is 7.08. The highest BCUT2D eigenvalue weighted by Gasteiger charge is 2.18. The molecule has 1 atom stereocenters. The first kappa shape index (κ1) is 15.6. The maximum atomic E-state index is 3.73. The van der Waals surface area contributed by atoms with Gasteiger partial charge in [0.25, 0.3) is 0 Å². The van der Waals surface area contributed by atoms with Crippen molar-refractivity contribution in [2.24, 2.45) is 11.8 Å². The maximum absolute atomic E-state index is 3.73. The van der Waals surface area contributed by atoms with Crippen molar-refractivity contribution in [1.82, 2.24) is 5.32 Å². The van der Waals surface area contributed by atoms with E-state index in [1.165, 1.54) is 43.4 Å². The van der Waals surface area contributed by atoms with Gasteiger partial charge in [-0.2, -0.15) is 0 Å². The van der Waals surface area contributed by atoms with E-state index in [-0.39, 0.29) is 0 Å². The number of hydrogen-bond acceptors (Lipinski definition) is 1. The Hall–Kier alpha value is -0.820. The molecule has 2 rings (SSSR count). The number of hydrogen-bond donors (Lipinski definition) is 1. The van der Waals surface area contributed by atoms with E-state index >= 15 is 0 Å². The molecule has 1 aromatic carbocycles. The first-order chi connectivity index (χ1) is 9.56. The van der Waals surface area contributed by atoms with Gasteiger partial charge in [0, 0.05) is 6.04 Å². The van der Waals surface area contributed by atoms with Gasteiger partial charge in [0.15, 0.2) is 0 Å². The zero-order valence-corrected chi connectivity index (χ0v) is 13.7. The second kappa shape index (κ2) is 7.26. The molecule has 1 fully saturated rings. The molecule has 0 bridgehead atoms. The average molecular weight is 273 g/mol. The van der Waals surface area contributed by atoms with Gasteiger partial charge in [0.2, 0.25) is 0 Å². The van der Waals surface area contributed by atoms with Gasteiger partial charge in [-0.05, 0) is 55.2 Å². The van der Waals surface area contributed by atoms with Crippen LogP contribution in [0.5, 0.6) is 0 Å². The fraction of sp³-hybridized carbons (Fsp3) is 0.684. The molecule has 1 N–H and O–H groups in total. The molecular formula is C19H31N. The van der Waals surface area contributed by atoms with E-state index in [0.29, 0.717) is 12.0 Å². The predicted octanol–water partition coefficient (Wildman–Crippen LogP) is 5.29. The lowest BCUT2D eigenvalue weighted by atomic mass is 9.83. The van der Waals surface area contributed by atoms with Crippen LogP contribution in [-0.4, -0.2) is 6.54 Å². The summed E-state index contributed by atoms with van der Waals surface area (Å²) in [5, 5.41) is 3.73. The van der Waals surface area contributed by atoms with E-state index in [9.17, 15) is 0 Å². The van der Waals surface area contributed by atoms with Gasteiger partial charge in [-0.25, -0.2) is 0 Å². The smallest absolute Gasteiger partial charge is 0.0291 e. The van der Waals surface area contributed by atoms with E-state index in [4.69, 9.17) is 0 Å². The zero-order chi connectivity index (χ0) is 14.5. The van der Waals surface area contributed by atoms with Crippen LogP contribution in [0.25, 0.3) is 0 Å². The van der Waals surface area contributed by atoms with Gasteiger partial charge in [0.05, 0.1) is 0 Å². The van der Waals surface area contributed by atoms with Gasteiger partial charge in [-0.15, -0.1) is 0 Å². The molecule has 0 aliphatic heterocycles. The van der Waals surface area contributed by atoms with Crippen LogP contribution in [-0.2, 0) is 0 Å². The second-order valence-electron chi connectivity index (χ2n) is 7.08. The minimum absolute atomic E-state index is 0.468. The van der Waals surface area contributed by atoms with Crippen LogP contribution in [0.3, 0.4) is 0 Å². The minimum Gasteiger partial charge on any atom is -0.310 e. The Balaban J connectivity index is 1.80. The van der Waals surface area contributed by atoms with Gasteiger partial charge in [-0.1, -0.05) is 57.9 Å². The third-order valence-electron chi connectivity index (χ3n) is 4.95. The summed E-state index contributed by atoms with van der Waals surface area (Å²) in [6.07, 6.45) is 5.66. The highest BCUT2D eigenvalue weighted by Crippen LogP contribution is 2.28. The summed E-state index contributed by atoms with van der Waals surface area (Å²) in [6.45, 7) is 10.4. The Morgan fingerprint density at radius 2 is 1.50 bits per heavy atom. The molecule has 1 heteroatoms. The molecule has 0 aromatic heterocycles. The van der Waals surface area contributed by atoms with Crippen molar-refractivity contribution in [3.63, 3.8) is 0 Å². The summed E-state index contributed by atoms with van der Waals surface area (Å²) in [4.78, 5) is 0. The summed E-state index contributed by atoms with van der Waals surface area (Å²) in [5.41, 5.74) is 2.85. The number of nitrogens with one attached hydrogen (secondary N) is 1. The lowest BCUT2D eigenvalue weighted by molar-refractivity contribution is 0.276. The van der Waals surface area contributed by atoms with E-state index in [1.54, 1.807) is 0 Å². The molecular weight excluding hydrogens is 242 g/mol. The quantitative estimate of drug-likeness (QED) is 0.769. The molecule has 20 heavy (non-hydrogen) atoms. The molecule has 112 valence electrons. The van der Waals surface area contributed by atoms with Crippen LogP contribution in [0.1, 0.15) is 76.5 Å². The summed E-state index contributed by atoms with van der Waals surface area (Å²) >= 11 is 0. The molecule has 0 saturated heterocycles. The van der Waals surface area contributed by atoms with E-state index < -0.39 is 0 Å². The van der Waals surface area contributed by atoms with Gasteiger partial charge in [0.1, 0.15) is 0 Å². The Labute approximate surface area is 125 Å². The molecule has 1 aromatic rings. The molecule has 1 saturated carbocycles. The third-order valence-corrected chi connectivity index (χ3v) is 4.95. The molecule has 0 heterocycles. The van der Waals surface area contributed by atoms with Crippen molar-refractivity contribution in [1.29, 1.82) is 0 Å². The molecule has 1 nitrogen and oxygen atoms in total. The van der Waals surface area contributed by atoms with Gasteiger partial charge >= 0.3 is 0 Å². The Bertz CT molecular complexity index is 385. The molecule has 1 unspecified atom stereocenters. The van der Waals surface area contributed by atoms with E-state index in [0.717, 1.165) is 11.8 Å². The van der Waals surface area contributed by atoms with E-state index in [1.807, 2.05) is 0 Å². The Kier molecular flexibility index (Phi) is 5.65. The van der Waals surface area contributed by atoms with Crippen molar-refractivity contribution in [3.8, 4) is 0 Å². The third kappa shape index (κ3) is 4.34. The van der Waals surface area contributed by atoms with E-state index in [2.05, 4.69) is 57.3 Å². The van der Waals surface area contributed by atoms with Crippen LogP contribution in [0, 0.1) is 11.8 Å². The number of rotatable bonds is 5. The molecule has 0 amide bonds. The average Bonchev–Trinajstić information content (AvgIpc) is 2.46. The monoisotopic (exact) mass is 273 g/mol. The van der Waals surface area contributed by atoms with Crippen LogP contribution >= 0.6 is 0 Å². The van der Waals surface area contributed by atoms with Crippen molar-refractivity contribution >= 4 is 0 Å². The Morgan fingerprint density at radius 1 is 0.950 bits per heavy atom. The van der Waals surface area contributed by atoms with Crippen LogP contribution in [0.15, 0.2) is 24.3 Å². The van der Waals surface area contributed by atoms with Crippen LogP contribution < -0.4 is 5.32 Å². The molecule has 1 aliphatic rings. The fourth-order valence-corrected chi connectivity index (χ4v) is 3.16. The molecule has 0 radical (unpaired) electrons. The lowest BCUT2D eigenvalue weighted by Gasteiger charge is -2.27. The topological polar surface area (TPSA) is 12.0 Å². The summed E-state index contributed by atoms with van der Waals surface area (Å²) in [7, 11) is 0. The molecule has 1 aliphatic carbocycles. The lowest BCUT2D eigenvalue weighted by Crippen LogP contribution is -2.28. The van der Waals surface area contributed by atoms with Crippen molar-refractivity contribution in [2.45, 2.75) is 65.3 Å². The van der Waals surface area contributed by atoms with Crippen LogP contribution in [0.4, 0.5) is 0 Å². The largest absolute Gasteiger partial charge is 0.310 e. The normalized spacial score (nSPS) is 24.9. The van der Waals surface area contributed by atoms with Crippen molar-refractivity contribution in [3.05, 3.63) is 35.4 Å². The van der Waals surface area contributed by atoms with Crippen molar-refractivity contribution in [2.75, 3.05) is 6.54 Å². The first-order valence-corrected chi connectivity index (χ1v) is 8.39. The van der Waals surface area contributed by atoms with Gasteiger partial charge < -0.3 is 5.32 Å². The predicted molar refractivity (Wildman–Crippen MR) is 88.1 cm³/mol. The minimum atomic E-state index is 0.468. The van der Waals surface area contributed by atoms with Gasteiger partial charge in [-0.3, -0.25) is 0 Å². The maximum Gasteiger partial charge on any atom is 0.0291 e. The standard InChI is InChI=1S/C19H31N/c1-14(2)18-9-11-19(12-10-18)16(4)20-13-17-7-5-15(3)6-8-17/h9-12,14-17,20H,5-8,13H2,1-4H3. The highest BCUT2D eigenvalue weighted by molar-refractivity contribution is 5.26. The summed E-state index contributed by atoms with van der Waals surface area (Å²) in [5.74, 6) is 2.47. The SMILES string of the molecule is CC1CCC(CNC(C)c2ccc(C(C)C)cc2)CC1. The summed E-state index contributed by atoms with van der Waals surface area (Å²) < 4.78 is 0. The number of benzene rings is 1. The highest BCUT2D eigenvalue weighted by atomic mass is 14.9. The van der Waals surface area contributed by atoms with Crippen molar-refractivity contribution < 1.29 is 0 Å². The zero-order valence-electron chi connectivity index (χ0n) is 13.7. The summed E-state index contributed by atoms with van der Waals surface area (Å²) in [6, 6.07) is 9.60. The van der Waals surface area contributed by atoms with Crippen LogP contribution in [0.2, 0.25) is 0 Å². The molecule has 0 spiro atoms. The first-order valence-electron chi connectivity index (χ1n) is 8.39.